The van der Waals surface area contributed by atoms with Crippen LogP contribution in [0.3, 0.4) is 0 Å². The minimum atomic E-state index is 0.343. The molecule has 0 saturated heterocycles. The maximum absolute atomic E-state index is 5.87. The summed E-state index contributed by atoms with van der Waals surface area (Å²) >= 11 is 5.17. The molecule has 0 saturated carbocycles. The van der Waals surface area contributed by atoms with Crippen molar-refractivity contribution in [3.63, 3.8) is 0 Å². The number of hydrogen-bond donors (Lipinski definition) is 1. The van der Waals surface area contributed by atoms with Gasteiger partial charge in [-0.25, -0.2) is 0 Å². The smallest absolute Gasteiger partial charge is 0.165 e. The fourth-order valence-electron chi connectivity index (χ4n) is 2.08. The third kappa shape index (κ3) is 2.63. The number of aromatic nitrogens is 2. The highest BCUT2D eigenvalue weighted by Crippen LogP contribution is 2.27. The second-order valence-corrected chi connectivity index (χ2v) is 5.31. The molecule has 104 valence electrons. The second-order valence-electron chi connectivity index (χ2n) is 4.87. The van der Waals surface area contributed by atoms with Gasteiger partial charge < -0.3 is 10.6 Å². The van der Waals surface area contributed by atoms with Gasteiger partial charge in [-0.2, -0.15) is 5.10 Å². The molecule has 0 fully saturated rings. The van der Waals surface area contributed by atoms with Gasteiger partial charge >= 0.3 is 0 Å². The highest BCUT2D eigenvalue weighted by atomic mass is 32.1. The summed E-state index contributed by atoms with van der Waals surface area (Å²) < 4.78 is 0. The van der Waals surface area contributed by atoms with Gasteiger partial charge in [0, 0.05) is 12.7 Å². The Bertz CT molecular complexity index is 667. The van der Waals surface area contributed by atoms with Gasteiger partial charge in [-0.3, -0.25) is 0 Å². The Hall–Kier alpha value is -2.01. The van der Waals surface area contributed by atoms with Crippen LogP contribution in [0.5, 0.6) is 0 Å². The molecule has 0 aliphatic heterocycles. The zero-order valence-corrected chi connectivity index (χ0v) is 13.0. The molecule has 0 spiro atoms. The topological polar surface area (TPSA) is 55.0 Å². The first-order valence-electron chi connectivity index (χ1n) is 6.36. The number of rotatable bonds is 3. The molecule has 4 nitrogen and oxygen atoms in total. The molecule has 2 N–H and O–H groups in total. The Balaban J connectivity index is 2.58. The van der Waals surface area contributed by atoms with Gasteiger partial charge in [0.15, 0.2) is 5.82 Å². The number of anilines is 2. The Morgan fingerprint density at radius 3 is 2.50 bits per heavy atom. The van der Waals surface area contributed by atoms with E-state index in [-0.39, 0.29) is 0 Å². The molecular formula is C15H18N4S. The van der Waals surface area contributed by atoms with Crippen molar-refractivity contribution in [2.45, 2.75) is 20.8 Å². The van der Waals surface area contributed by atoms with E-state index in [1.54, 1.807) is 0 Å². The van der Waals surface area contributed by atoms with E-state index in [2.05, 4.69) is 29.3 Å². The molecule has 0 unspecified atom stereocenters. The maximum Gasteiger partial charge on any atom is 0.165 e. The fraction of sp³-hybridized carbons (Fsp3) is 0.267. The summed E-state index contributed by atoms with van der Waals surface area (Å²) in [5.74, 6) is 0.686. The number of nitrogens with two attached hydrogens (primary N) is 1. The lowest BCUT2D eigenvalue weighted by atomic mass is 10.1. The lowest BCUT2D eigenvalue weighted by Gasteiger charge is -2.22. The molecule has 0 aliphatic rings. The predicted molar refractivity (Wildman–Crippen MR) is 86.6 cm³/mol. The quantitative estimate of drug-likeness (QED) is 0.879. The Kier molecular flexibility index (Phi) is 3.99. The van der Waals surface area contributed by atoms with Crippen LogP contribution >= 0.6 is 12.2 Å². The standard InChI is InChI=1S/C15H18N4S/c1-9-6-5-7-12(8-9)19(4)15-13(14(16)20)10(2)11(3)17-18-15/h5-8H,1-4H3,(H2,16,20). The van der Waals surface area contributed by atoms with Crippen molar-refractivity contribution >= 4 is 28.7 Å². The van der Waals surface area contributed by atoms with Crippen LogP contribution in [-0.4, -0.2) is 22.2 Å². The number of aryl methyl sites for hydroxylation is 2. The largest absolute Gasteiger partial charge is 0.389 e. The molecule has 20 heavy (non-hydrogen) atoms. The zero-order valence-electron chi connectivity index (χ0n) is 12.1. The SMILES string of the molecule is Cc1cccc(N(C)c2nnc(C)c(C)c2C(N)=S)c1. The van der Waals surface area contributed by atoms with Crippen LogP contribution < -0.4 is 10.6 Å². The van der Waals surface area contributed by atoms with Crippen molar-refractivity contribution in [3.8, 4) is 0 Å². The predicted octanol–water partition coefficient (Wildman–Crippen LogP) is 2.80. The molecule has 0 aliphatic carbocycles. The lowest BCUT2D eigenvalue weighted by Crippen LogP contribution is -2.22. The lowest BCUT2D eigenvalue weighted by molar-refractivity contribution is 0.932. The third-order valence-corrected chi connectivity index (χ3v) is 3.59. The van der Waals surface area contributed by atoms with E-state index in [1.807, 2.05) is 37.9 Å². The van der Waals surface area contributed by atoms with Crippen molar-refractivity contribution in [1.29, 1.82) is 0 Å². The van der Waals surface area contributed by atoms with E-state index in [0.29, 0.717) is 10.8 Å². The molecule has 0 bridgehead atoms. The molecular weight excluding hydrogens is 268 g/mol. The first kappa shape index (κ1) is 14.4. The van der Waals surface area contributed by atoms with Gasteiger partial charge in [0.25, 0.3) is 0 Å². The van der Waals surface area contributed by atoms with Gasteiger partial charge in [0.2, 0.25) is 0 Å². The average Bonchev–Trinajstić information content (AvgIpc) is 2.40. The number of thiocarbonyl (C=S) groups is 1. The van der Waals surface area contributed by atoms with Crippen LogP contribution in [0.15, 0.2) is 24.3 Å². The van der Waals surface area contributed by atoms with E-state index in [1.165, 1.54) is 5.56 Å². The number of benzene rings is 1. The van der Waals surface area contributed by atoms with Crippen molar-refractivity contribution < 1.29 is 0 Å². The van der Waals surface area contributed by atoms with Crippen LogP contribution in [0.2, 0.25) is 0 Å². The summed E-state index contributed by atoms with van der Waals surface area (Å²) in [6.45, 7) is 5.92. The number of nitrogens with zero attached hydrogens (tertiary/aromatic N) is 3. The maximum atomic E-state index is 5.87. The molecule has 2 rings (SSSR count). The number of hydrogen-bond acceptors (Lipinski definition) is 4. The molecule has 1 heterocycles. The van der Waals surface area contributed by atoms with E-state index in [0.717, 1.165) is 22.5 Å². The van der Waals surface area contributed by atoms with Crippen molar-refractivity contribution in [2.75, 3.05) is 11.9 Å². The fourth-order valence-corrected chi connectivity index (χ4v) is 2.33. The van der Waals surface area contributed by atoms with E-state index < -0.39 is 0 Å². The summed E-state index contributed by atoms with van der Waals surface area (Å²) in [6, 6.07) is 8.17. The van der Waals surface area contributed by atoms with Gasteiger partial charge in [0.05, 0.1) is 11.3 Å². The van der Waals surface area contributed by atoms with Crippen molar-refractivity contribution in [1.82, 2.24) is 10.2 Å². The summed E-state index contributed by atoms with van der Waals surface area (Å²) in [5.41, 5.74) is 10.7. The first-order chi connectivity index (χ1) is 9.41. The summed E-state index contributed by atoms with van der Waals surface area (Å²) in [4.78, 5) is 2.30. The molecule has 1 aromatic heterocycles. The molecule has 5 heteroatoms. The first-order valence-corrected chi connectivity index (χ1v) is 6.76. The van der Waals surface area contributed by atoms with Crippen LogP contribution in [0.1, 0.15) is 22.4 Å². The molecule has 0 amide bonds. The van der Waals surface area contributed by atoms with Gasteiger partial charge in [-0.15, -0.1) is 5.10 Å². The van der Waals surface area contributed by atoms with Gasteiger partial charge in [0.1, 0.15) is 4.99 Å². The molecule has 2 aromatic rings. The normalized spacial score (nSPS) is 10.4. The Morgan fingerprint density at radius 1 is 1.20 bits per heavy atom. The van der Waals surface area contributed by atoms with Crippen molar-refractivity contribution in [2.24, 2.45) is 5.73 Å². The average molecular weight is 286 g/mol. The van der Waals surface area contributed by atoms with Crippen LogP contribution in [0, 0.1) is 20.8 Å². The van der Waals surface area contributed by atoms with E-state index in [9.17, 15) is 0 Å². The van der Waals surface area contributed by atoms with E-state index in [4.69, 9.17) is 18.0 Å². The zero-order chi connectivity index (χ0) is 14.9. The Labute approximate surface area is 124 Å². The minimum Gasteiger partial charge on any atom is -0.389 e. The Morgan fingerprint density at radius 2 is 1.90 bits per heavy atom. The summed E-state index contributed by atoms with van der Waals surface area (Å²) in [5, 5.41) is 8.46. The highest BCUT2D eigenvalue weighted by molar-refractivity contribution is 7.80. The molecule has 1 aromatic carbocycles. The van der Waals surface area contributed by atoms with Crippen molar-refractivity contribution in [3.05, 3.63) is 46.6 Å². The van der Waals surface area contributed by atoms with Crippen LogP contribution in [0.25, 0.3) is 0 Å². The molecule has 0 radical (unpaired) electrons. The summed E-state index contributed by atoms with van der Waals surface area (Å²) in [6.07, 6.45) is 0. The second kappa shape index (κ2) is 5.54. The van der Waals surface area contributed by atoms with Gasteiger partial charge in [-0.05, 0) is 44.0 Å². The van der Waals surface area contributed by atoms with E-state index >= 15 is 0 Å². The minimum absolute atomic E-state index is 0.343. The monoisotopic (exact) mass is 286 g/mol. The summed E-state index contributed by atoms with van der Waals surface area (Å²) in [7, 11) is 1.94. The molecule has 0 atom stereocenters. The third-order valence-electron chi connectivity index (χ3n) is 3.39. The van der Waals surface area contributed by atoms with Crippen LogP contribution in [-0.2, 0) is 0 Å². The highest BCUT2D eigenvalue weighted by Gasteiger charge is 2.17. The van der Waals surface area contributed by atoms with Gasteiger partial charge in [-0.1, -0.05) is 24.4 Å². The van der Waals surface area contributed by atoms with Crippen LogP contribution in [0.4, 0.5) is 11.5 Å².